The van der Waals surface area contributed by atoms with Gasteiger partial charge in [-0.1, -0.05) is 0 Å². The fraction of sp³-hybridized carbons (Fsp3) is 0.833. The number of hydrogen-bond donors (Lipinski definition) is 0. The Bertz CT molecular complexity index is 105. The van der Waals surface area contributed by atoms with Gasteiger partial charge in [-0.25, -0.2) is 4.39 Å². The van der Waals surface area contributed by atoms with E-state index in [0.29, 0.717) is 0 Å². The van der Waals surface area contributed by atoms with Crippen molar-refractivity contribution in [3.05, 3.63) is 0 Å². The van der Waals surface area contributed by atoms with Crippen molar-refractivity contribution >= 4 is 5.97 Å². The monoisotopic (exact) mass is 150 g/mol. The van der Waals surface area contributed by atoms with Gasteiger partial charge in [0.05, 0.1) is 6.61 Å². The molecule has 0 saturated heterocycles. The van der Waals surface area contributed by atoms with Crippen LogP contribution in [-0.2, 0) is 14.3 Å². The number of esters is 1. The van der Waals surface area contributed by atoms with Gasteiger partial charge >= 0.3 is 5.97 Å². The lowest BCUT2D eigenvalue weighted by atomic mass is 10.4. The van der Waals surface area contributed by atoms with Crippen LogP contribution in [0.4, 0.5) is 4.39 Å². The first-order chi connectivity index (χ1) is 4.70. The molecular formula is C6H11FO3. The third-order valence-electron chi connectivity index (χ3n) is 0.888. The molecule has 60 valence electrons. The summed E-state index contributed by atoms with van der Waals surface area (Å²) in [5.41, 5.74) is 0. The Morgan fingerprint density at radius 2 is 2.30 bits per heavy atom. The second-order valence-electron chi connectivity index (χ2n) is 1.65. The third-order valence-corrected chi connectivity index (χ3v) is 0.888. The Morgan fingerprint density at radius 3 is 2.70 bits per heavy atom. The van der Waals surface area contributed by atoms with Crippen LogP contribution in [0, 0.1) is 0 Å². The third kappa shape index (κ3) is 4.26. The lowest BCUT2D eigenvalue weighted by molar-refractivity contribution is -0.149. The van der Waals surface area contributed by atoms with Crippen LogP contribution >= 0.6 is 0 Å². The minimum absolute atomic E-state index is 0.273. The Hall–Kier alpha value is -0.640. The maximum Gasteiger partial charge on any atom is 0.311 e. The molecular weight excluding hydrogens is 139 g/mol. The molecule has 0 rings (SSSR count). The summed E-state index contributed by atoms with van der Waals surface area (Å²) in [7, 11) is 1.20. The standard InChI is InChI=1S/C6H11FO3/c1-3-10-6(8)4-5(7)9-2/h5H,3-4H2,1-2H3. The average Bonchev–Trinajstić information content (AvgIpc) is 1.88. The normalized spacial score (nSPS) is 12.7. The topological polar surface area (TPSA) is 35.5 Å². The molecule has 0 bridgehead atoms. The van der Waals surface area contributed by atoms with E-state index in [9.17, 15) is 9.18 Å². The summed E-state index contributed by atoms with van der Waals surface area (Å²) in [6.07, 6.45) is -1.87. The van der Waals surface area contributed by atoms with Gasteiger partial charge in [0, 0.05) is 7.11 Å². The minimum atomic E-state index is -1.54. The van der Waals surface area contributed by atoms with E-state index in [0.717, 1.165) is 0 Å². The van der Waals surface area contributed by atoms with Crippen molar-refractivity contribution in [1.29, 1.82) is 0 Å². The van der Waals surface area contributed by atoms with E-state index in [4.69, 9.17) is 0 Å². The van der Waals surface area contributed by atoms with Crippen molar-refractivity contribution in [2.45, 2.75) is 19.7 Å². The molecule has 0 aromatic carbocycles. The molecule has 0 heterocycles. The van der Waals surface area contributed by atoms with Crippen LogP contribution < -0.4 is 0 Å². The van der Waals surface area contributed by atoms with Crippen molar-refractivity contribution in [1.82, 2.24) is 0 Å². The number of halogens is 1. The van der Waals surface area contributed by atoms with Crippen LogP contribution in [0.5, 0.6) is 0 Å². The summed E-state index contributed by atoms with van der Waals surface area (Å²) < 4.78 is 20.8. The first kappa shape index (κ1) is 9.36. The van der Waals surface area contributed by atoms with Crippen LogP contribution in [0.25, 0.3) is 0 Å². The number of methoxy groups -OCH3 is 1. The van der Waals surface area contributed by atoms with Gasteiger partial charge in [0.1, 0.15) is 6.42 Å². The second kappa shape index (κ2) is 5.17. The van der Waals surface area contributed by atoms with Crippen LogP contribution in [0.3, 0.4) is 0 Å². The van der Waals surface area contributed by atoms with Crippen LogP contribution in [0.15, 0.2) is 0 Å². The van der Waals surface area contributed by atoms with Gasteiger partial charge < -0.3 is 9.47 Å². The van der Waals surface area contributed by atoms with Crippen molar-refractivity contribution in [2.75, 3.05) is 13.7 Å². The van der Waals surface area contributed by atoms with Gasteiger partial charge in [-0.3, -0.25) is 4.79 Å². The highest BCUT2D eigenvalue weighted by molar-refractivity contribution is 5.69. The van der Waals surface area contributed by atoms with Crippen molar-refractivity contribution < 1.29 is 18.7 Å². The lowest BCUT2D eigenvalue weighted by Crippen LogP contribution is -2.13. The summed E-state index contributed by atoms with van der Waals surface area (Å²) in [6, 6.07) is 0. The number of hydrogen-bond acceptors (Lipinski definition) is 3. The molecule has 0 saturated carbocycles. The van der Waals surface area contributed by atoms with Gasteiger partial charge in [-0.05, 0) is 6.92 Å². The van der Waals surface area contributed by atoms with Crippen molar-refractivity contribution in [2.24, 2.45) is 0 Å². The number of rotatable bonds is 4. The van der Waals surface area contributed by atoms with Crippen LogP contribution in [-0.4, -0.2) is 26.0 Å². The van der Waals surface area contributed by atoms with E-state index in [1.807, 2.05) is 0 Å². The van der Waals surface area contributed by atoms with Crippen LogP contribution in [0.1, 0.15) is 13.3 Å². The van der Waals surface area contributed by atoms with E-state index >= 15 is 0 Å². The van der Waals surface area contributed by atoms with Gasteiger partial charge in [0.2, 0.25) is 6.36 Å². The molecule has 10 heavy (non-hydrogen) atoms. The Balaban J connectivity index is 3.37. The molecule has 0 aromatic rings. The maximum atomic E-state index is 12.2. The quantitative estimate of drug-likeness (QED) is 0.558. The molecule has 0 N–H and O–H groups in total. The molecule has 0 radical (unpaired) electrons. The molecule has 0 spiro atoms. The molecule has 1 unspecified atom stereocenters. The van der Waals surface area contributed by atoms with Crippen molar-refractivity contribution in [3.8, 4) is 0 Å². The first-order valence-electron chi connectivity index (χ1n) is 3.03. The predicted molar refractivity (Wildman–Crippen MR) is 33.2 cm³/mol. The molecule has 0 aliphatic rings. The van der Waals surface area contributed by atoms with Crippen LogP contribution in [0.2, 0.25) is 0 Å². The van der Waals surface area contributed by atoms with Gasteiger partial charge in [0.15, 0.2) is 0 Å². The number of alkyl halides is 1. The van der Waals surface area contributed by atoms with E-state index in [-0.39, 0.29) is 13.0 Å². The molecule has 0 amide bonds. The summed E-state index contributed by atoms with van der Waals surface area (Å²) in [4.78, 5) is 10.5. The van der Waals surface area contributed by atoms with E-state index < -0.39 is 12.3 Å². The zero-order valence-electron chi connectivity index (χ0n) is 6.09. The number of carbonyl (C=O) groups excluding carboxylic acids is 1. The lowest BCUT2D eigenvalue weighted by Gasteiger charge is -2.03. The van der Waals surface area contributed by atoms with E-state index in [1.165, 1.54) is 7.11 Å². The van der Waals surface area contributed by atoms with Gasteiger partial charge in [-0.2, -0.15) is 0 Å². The fourth-order valence-corrected chi connectivity index (χ4v) is 0.434. The maximum absolute atomic E-state index is 12.2. The molecule has 0 aliphatic carbocycles. The van der Waals surface area contributed by atoms with E-state index in [2.05, 4.69) is 9.47 Å². The Labute approximate surface area is 59.1 Å². The van der Waals surface area contributed by atoms with Gasteiger partial charge in [-0.15, -0.1) is 0 Å². The molecule has 4 heteroatoms. The van der Waals surface area contributed by atoms with E-state index in [1.54, 1.807) is 6.92 Å². The minimum Gasteiger partial charge on any atom is -0.466 e. The molecule has 3 nitrogen and oxygen atoms in total. The predicted octanol–water partition coefficient (Wildman–Crippen LogP) is 0.882. The molecule has 0 aliphatic heterocycles. The highest BCUT2D eigenvalue weighted by Crippen LogP contribution is 1.99. The summed E-state index contributed by atoms with van der Waals surface area (Å²) in [6.45, 7) is 1.94. The summed E-state index contributed by atoms with van der Waals surface area (Å²) >= 11 is 0. The summed E-state index contributed by atoms with van der Waals surface area (Å²) in [5, 5.41) is 0. The summed E-state index contributed by atoms with van der Waals surface area (Å²) in [5.74, 6) is -0.572. The smallest absolute Gasteiger partial charge is 0.311 e. The van der Waals surface area contributed by atoms with Crippen molar-refractivity contribution in [3.63, 3.8) is 0 Å². The number of ether oxygens (including phenoxy) is 2. The highest BCUT2D eigenvalue weighted by atomic mass is 19.1. The molecule has 0 fully saturated rings. The second-order valence-corrected chi connectivity index (χ2v) is 1.65. The fourth-order valence-electron chi connectivity index (χ4n) is 0.434. The van der Waals surface area contributed by atoms with Gasteiger partial charge in [0.25, 0.3) is 0 Å². The SMILES string of the molecule is CCOC(=O)CC(F)OC. The Morgan fingerprint density at radius 1 is 1.70 bits per heavy atom. The molecule has 1 atom stereocenters. The Kier molecular flexibility index (Phi) is 4.84. The molecule has 0 aromatic heterocycles. The largest absolute Gasteiger partial charge is 0.466 e. The average molecular weight is 150 g/mol. The highest BCUT2D eigenvalue weighted by Gasteiger charge is 2.10. The first-order valence-corrected chi connectivity index (χ1v) is 3.03. The number of carbonyl (C=O) groups is 1. The zero-order chi connectivity index (χ0) is 7.98. The zero-order valence-corrected chi connectivity index (χ0v) is 6.09.